The van der Waals surface area contributed by atoms with Crippen LogP contribution in [-0.4, -0.2) is 15.3 Å². The molecule has 0 amide bonds. The average molecular weight is 196 g/mol. The number of hydrogen-bond donors (Lipinski definition) is 0. The predicted molar refractivity (Wildman–Crippen MR) is 59.8 cm³/mol. The maximum Gasteiger partial charge on any atom is 0.0307 e. The van der Waals surface area contributed by atoms with Gasteiger partial charge >= 0.3 is 0 Å². The second-order valence-electron chi connectivity index (χ2n) is 3.59. The molecule has 0 aromatic heterocycles. The summed E-state index contributed by atoms with van der Waals surface area (Å²) in [6.07, 6.45) is 0. The second-order valence-corrected chi connectivity index (χ2v) is 6.45. The molecule has 0 saturated carbocycles. The standard InChI is InChI=1S/C11H16OS/c1-9(2)13(4,12)11-7-5-10(3)6-8-11/h5-9H,4H2,1-3H3. The van der Waals surface area contributed by atoms with Gasteiger partial charge in [0.2, 0.25) is 0 Å². The molecular weight excluding hydrogens is 180 g/mol. The highest BCUT2D eigenvalue weighted by Crippen LogP contribution is 2.15. The summed E-state index contributed by atoms with van der Waals surface area (Å²) in [6, 6.07) is 7.76. The zero-order valence-corrected chi connectivity index (χ0v) is 9.23. The van der Waals surface area contributed by atoms with E-state index in [-0.39, 0.29) is 5.25 Å². The van der Waals surface area contributed by atoms with Gasteiger partial charge < -0.3 is 0 Å². The van der Waals surface area contributed by atoms with E-state index < -0.39 is 9.52 Å². The van der Waals surface area contributed by atoms with E-state index in [1.807, 2.05) is 45.0 Å². The van der Waals surface area contributed by atoms with Crippen LogP contribution in [0.4, 0.5) is 0 Å². The van der Waals surface area contributed by atoms with Gasteiger partial charge in [0.1, 0.15) is 0 Å². The minimum Gasteiger partial charge on any atom is -0.263 e. The minimum atomic E-state index is -2.09. The molecule has 13 heavy (non-hydrogen) atoms. The van der Waals surface area contributed by atoms with E-state index in [2.05, 4.69) is 5.87 Å². The Labute approximate surface area is 80.8 Å². The molecule has 1 rings (SSSR count). The van der Waals surface area contributed by atoms with Crippen molar-refractivity contribution in [3.05, 3.63) is 29.8 Å². The first kappa shape index (κ1) is 10.3. The summed E-state index contributed by atoms with van der Waals surface area (Å²) >= 11 is 0. The highest BCUT2D eigenvalue weighted by atomic mass is 32.2. The smallest absolute Gasteiger partial charge is 0.0307 e. The van der Waals surface area contributed by atoms with Gasteiger partial charge in [-0.25, -0.2) is 0 Å². The Morgan fingerprint density at radius 1 is 1.23 bits per heavy atom. The van der Waals surface area contributed by atoms with Crippen LogP contribution < -0.4 is 0 Å². The molecule has 2 heteroatoms. The summed E-state index contributed by atoms with van der Waals surface area (Å²) in [5.41, 5.74) is 1.18. The maximum absolute atomic E-state index is 12.1. The van der Waals surface area contributed by atoms with Gasteiger partial charge in [-0.3, -0.25) is 4.21 Å². The van der Waals surface area contributed by atoms with Gasteiger partial charge in [0.05, 0.1) is 0 Å². The lowest BCUT2D eigenvalue weighted by Crippen LogP contribution is -2.13. The summed E-state index contributed by atoms with van der Waals surface area (Å²) in [5.74, 6) is 3.80. The van der Waals surface area contributed by atoms with Gasteiger partial charge in [0, 0.05) is 10.1 Å². The highest BCUT2D eigenvalue weighted by molar-refractivity contribution is 8.00. The van der Waals surface area contributed by atoms with E-state index in [1.165, 1.54) is 5.56 Å². The third-order valence-electron chi connectivity index (χ3n) is 2.18. The van der Waals surface area contributed by atoms with Gasteiger partial charge in [-0.05, 0) is 34.4 Å². The molecule has 0 aliphatic carbocycles. The zero-order chi connectivity index (χ0) is 10.1. The molecule has 0 aliphatic rings. The molecule has 0 bridgehead atoms. The molecule has 0 saturated heterocycles. The van der Waals surface area contributed by atoms with Gasteiger partial charge in [-0.2, -0.15) is 0 Å². The number of hydrogen-bond acceptors (Lipinski definition) is 1. The Bertz CT molecular complexity index is 371. The quantitative estimate of drug-likeness (QED) is 0.664. The fraction of sp³-hybridized carbons (Fsp3) is 0.364. The van der Waals surface area contributed by atoms with Crippen LogP contribution in [-0.2, 0) is 9.52 Å². The van der Waals surface area contributed by atoms with Gasteiger partial charge in [0.15, 0.2) is 0 Å². The van der Waals surface area contributed by atoms with Crippen LogP contribution in [0.3, 0.4) is 0 Å². The van der Waals surface area contributed by atoms with E-state index in [4.69, 9.17) is 0 Å². The van der Waals surface area contributed by atoms with Crippen LogP contribution >= 0.6 is 0 Å². The summed E-state index contributed by atoms with van der Waals surface area (Å²) in [4.78, 5) is 0.855. The molecule has 1 atom stereocenters. The van der Waals surface area contributed by atoms with Crippen LogP contribution in [0.15, 0.2) is 29.2 Å². The summed E-state index contributed by atoms with van der Waals surface area (Å²) in [6.45, 7) is 5.90. The van der Waals surface area contributed by atoms with Crippen molar-refractivity contribution in [1.29, 1.82) is 0 Å². The van der Waals surface area contributed by atoms with E-state index in [9.17, 15) is 4.21 Å². The number of rotatable bonds is 2. The summed E-state index contributed by atoms with van der Waals surface area (Å²) < 4.78 is 12.1. The van der Waals surface area contributed by atoms with Crippen LogP contribution in [0, 0.1) is 6.92 Å². The maximum atomic E-state index is 12.1. The fourth-order valence-electron chi connectivity index (χ4n) is 1.04. The molecule has 0 aliphatic heterocycles. The Morgan fingerprint density at radius 3 is 2.08 bits per heavy atom. The van der Waals surface area contributed by atoms with Crippen LogP contribution in [0.2, 0.25) is 0 Å². The van der Waals surface area contributed by atoms with E-state index in [1.54, 1.807) is 0 Å². The Morgan fingerprint density at radius 2 is 1.69 bits per heavy atom. The van der Waals surface area contributed by atoms with Crippen molar-refractivity contribution in [2.45, 2.75) is 30.9 Å². The van der Waals surface area contributed by atoms with Crippen LogP contribution in [0.1, 0.15) is 19.4 Å². The fourth-order valence-corrected chi connectivity index (χ4v) is 2.18. The molecule has 1 nitrogen and oxygen atoms in total. The summed E-state index contributed by atoms with van der Waals surface area (Å²) in [7, 11) is -2.09. The second kappa shape index (κ2) is 3.54. The highest BCUT2D eigenvalue weighted by Gasteiger charge is 2.11. The summed E-state index contributed by atoms with van der Waals surface area (Å²) in [5, 5.41) is 0.0928. The van der Waals surface area contributed by atoms with Crippen LogP contribution in [0.5, 0.6) is 0 Å². The van der Waals surface area contributed by atoms with Crippen molar-refractivity contribution >= 4 is 15.4 Å². The largest absolute Gasteiger partial charge is 0.263 e. The lowest BCUT2D eigenvalue weighted by Gasteiger charge is -2.12. The lowest BCUT2D eigenvalue weighted by molar-refractivity contribution is 0.674. The van der Waals surface area contributed by atoms with Crippen molar-refractivity contribution in [3.63, 3.8) is 0 Å². The molecule has 0 heterocycles. The third-order valence-corrected chi connectivity index (χ3v) is 4.77. The number of aryl methyl sites for hydroxylation is 1. The van der Waals surface area contributed by atoms with Crippen molar-refractivity contribution in [3.8, 4) is 0 Å². The SMILES string of the molecule is C=S(=O)(c1ccc(C)cc1)C(C)C. The Kier molecular flexibility index (Phi) is 2.81. The molecule has 1 aromatic rings. The molecule has 0 fully saturated rings. The third kappa shape index (κ3) is 2.13. The van der Waals surface area contributed by atoms with Gasteiger partial charge in [-0.15, -0.1) is 0 Å². The first-order chi connectivity index (χ1) is 5.94. The van der Waals surface area contributed by atoms with Gasteiger partial charge in [-0.1, -0.05) is 31.5 Å². The van der Waals surface area contributed by atoms with Gasteiger partial charge in [0.25, 0.3) is 0 Å². The molecule has 72 valence electrons. The Balaban J connectivity index is 3.17. The normalized spacial score (nSPS) is 15.7. The molecule has 0 radical (unpaired) electrons. The molecule has 1 unspecified atom stereocenters. The molecular formula is C11H16OS. The van der Waals surface area contributed by atoms with Crippen molar-refractivity contribution in [2.24, 2.45) is 0 Å². The van der Waals surface area contributed by atoms with E-state index in [0.717, 1.165) is 4.90 Å². The van der Waals surface area contributed by atoms with E-state index in [0.29, 0.717) is 0 Å². The van der Waals surface area contributed by atoms with Crippen molar-refractivity contribution < 1.29 is 4.21 Å². The number of benzene rings is 1. The molecule has 0 spiro atoms. The first-order valence-corrected chi connectivity index (χ1v) is 6.16. The molecule has 0 N–H and O–H groups in total. The monoisotopic (exact) mass is 196 g/mol. The Hall–Kier alpha value is -0.760. The topological polar surface area (TPSA) is 17.1 Å². The molecule has 1 aromatic carbocycles. The van der Waals surface area contributed by atoms with E-state index >= 15 is 0 Å². The van der Waals surface area contributed by atoms with Crippen molar-refractivity contribution in [1.82, 2.24) is 0 Å². The van der Waals surface area contributed by atoms with Crippen LogP contribution in [0.25, 0.3) is 0 Å². The van der Waals surface area contributed by atoms with Crippen molar-refractivity contribution in [2.75, 3.05) is 0 Å². The lowest BCUT2D eigenvalue weighted by atomic mass is 10.2. The zero-order valence-electron chi connectivity index (χ0n) is 8.41. The predicted octanol–water partition coefficient (Wildman–Crippen LogP) is 2.48. The minimum absolute atomic E-state index is 0.0928. The average Bonchev–Trinajstić information content (AvgIpc) is 2.04. The first-order valence-electron chi connectivity index (χ1n) is 4.37.